The Kier molecular flexibility index (Phi) is 2.77. The number of piperidine rings is 2. The summed E-state index contributed by atoms with van der Waals surface area (Å²) < 4.78 is 0. The molecule has 3 heterocycles. The molecule has 3 heteroatoms. The van der Waals surface area contributed by atoms with Crippen LogP contribution in [-0.4, -0.2) is 40.9 Å². The van der Waals surface area contributed by atoms with Crippen LogP contribution in [0.3, 0.4) is 0 Å². The number of hydrogen-bond donors (Lipinski definition) is 0. The van der Waals surface area contributed by atoms with Gasteiger partial charge in [0, 0.05) is 43.2 Å². The zero-order valence-electron chi connectivity index (χ0n) is 12.8. The molecule has 0 N–H and O–H groups in total. The Morgan fingerprint density at radius 3 is 2.90 bits per heavy atom. The van der Waals surface area contributed by atoms with Crippen molar-refractivity contribution in [2.45, 2.75) is 63.6 Å². The monoisotopic (exact) mass is 286 g/mol. The van der Waals surface area contributed by atoms with Crippen LogP contribution in [0.1, 0.15) is 51.4 Å². The number of rotatable bonds is 0. The summed E-state index contributed by atoms with van der Waals surface area (Å²) in [5, 5.41) is 0. The van der Waals surface area contributed by atoms with Crippen molar-refractivity contribution in [2.24, 2.45) is 17.8 Å². The van der Waals surface area contributed by atoms with Gasteiger partial charge in [0.1, 0.15) is 0 Å². The molecule has 3 aliphatic heterocycles. The van der Waals surface area contributed by atoms with Gasteiger partial charge in [0.05, 0.1) is 6.17 Å². The third-order valence-corrected chi connectivity index (χ3v) is 6.87. The summed E-state index contributed by atoms with van der Waals surface area (Å²) in [5.74, 6) is 2.66. The van der Waals surface area contributed by atoms with Gasteiger partial charge in [-0.3, -0.25) is 9.69 Å². The van der Waals surface area contributed by atoms with Crippen LogP contribution in [0.5, 0.6) is 0 Å². The van der Waals surface area contributed by atoms with Crippen LogP contribution in [0.25, 0.3) is 0 Å². The Morgan fingerprint density at radius 1 is 1.05 bits per heavy atom. The van der Waals surface area contributed by atoms with Crippen molar-refractivity contribution in [3.63, 3.8) is 0 Å². The zero-order chi connectivity index (χ0) is 14.0. The lowest BCUT2D eigenvalue weighted by molar-refractivity contribution is -0.119. The summed E-state index contributed by atoms with van der Waals surface area (Å²) >= 11 is 0. The van der Waals surface area contributed by atoms with Crippen LogP contribution in [0.2, 0.25) is 0 Å². The molecule has 5 rings (SSSR count). The van der Waals surface area contributed by atoms with E-state index in [0.29, 0.717) is 17.9 Å². The second kappa shape index (κ2) is 4.58. The Hall–Kier alpha value is -0.830. The van der Waals surface area contributed by atoms with E-state index < -0.39 is 0 Å². The molecule has 21 heavy (non-hydrogen) atoms. The molecule has 3 nitrogen and oxygen atoms in total. The maximum atomic E-state index is 12.0. The van der Waals surface area contributed by atoms with Gasteiger partial charge in [-0.05, 0) is 50.4 Å². The van der Waals surface area contributed by atoms with Crippen molar-refractivity contribution >= 4 is 5.78 Å². The SMILES string of the molecule is O=C1C=C2[C@H](C1)C[C@@H]1CCC[C@H]3CN4CCCC[C@H]4N2[C@H]13. The summed E-state index contributed by atoms with van der Waals surface area (Å²) in [6, 6.07) is 0.756. The first-order valence-corrected chi connectivity index (χ1v) is 9.08. The van der Waals surface area contributed by atoms with Crippen LogP contribution < -0.4 is 0 Å². The van der Waals surface area contributed by atoms with Crippen molar-refractivity contribution in [3.8, 4) is 0 Å². The molecule has 0 aromatic rings. The fourth-order valence-electron chi connectivity index (χ4n) is 6.17. The molecule has 5 aliphatic rings. The van der Waals surface area contributed by atoms with E-state index in [2.05, 4.69) is 9.80 Å². The summed E-state index contributed by atoms with van der Waals surface area (Å²) in [5.41, 5.74) is 1.43. The average Bonchev–Trinajstić information content (AvgIpc) is 2.87. The van der Waals surface area contributed by atoms with E-state index in [1.165, 1.54) is 63.7 Å². The van der Waals surface area contributed by atoms with E-state index in [1.807, 2.05) is 6.08 Å². The number of nitrogens with zero attached hydrogens (tertiary/aromatic N) is 2. The molecule has 114 valence electrons. The van der Waals surface area contributed by atoms with Gasteiger partial charge in [0.15, 0.2) is 5.78 Å². The number of hydrogen-bond acceptors (Lipinski definition) is 3. The zero-order valence-corrected chi connectivity index (χ0v) is 12.8. The van der Waals surface area contributed by atoms with E-state index >= 15 is 0 Å². The topological polar surface area (TPSA) is 23.6 Å². The first-order valence-electron chi connectivity index (χ1n) is 9.08. The van der Waals surface area contributed by atoms with E-state index in [0.717, 1.165) is 24.3 Å². The van der Waals surface area contributed by atoms with Crippen molar-refractivity contribution in [1.29, 1.82) is 0 Å². The summed E-state index contributed by atoms with van der Waals surface area (Å²) in [6.07, 6.45) is 13.0. The molecule has 4 fully saturated rings. The van der Waals surface area contributed by atoms with Crippen molar-refractivity contribution in [3.05, 3.63) is 11.8 Å². The van der Waals surface area contributed by atoms with Gasteiger partial charge in [0.25, 0.3) is 0 Å². The summed E-state index contributed by atoms with van der Waals surface area (Å²) in [6.45, 7) is 2.61. The quantitative estimate of drug-likeness (QED) is 0.684. The third kappa shape index (κ3) is 1.79. The molecule has 0 bridgehead atoms. The van der Waals surface area contributed by atoms with Crippen molar-refractivity contribution < 1.29 is 4.79 Å². The Labute approximate surface area is 127 Å². The van der Waals surface area contributed by atoms with Gasteiger partial charge in [-0.2, -0.15) is 0 Å². The molecular formula is C18H26N2O. The number of fused-ring (bicyclic) bond motifs is 4. The predicted octanol–water partition coefficient (Wildman–Crippen LogP) is 2.78. The van der Waals surface area contributed by atoms with Crippen LogP contribution in [0.15, 0.2) is 11.8 Å². The minimum atomic E-state index is 0.387. The fourth-order valence-corrected chi connectivity index (χ4v) is 6.17. The Balaban J connectivity index is 1.57. The highest BCUT2D eigenvalue weighted by Gasteiger charge is 2.52. The van der Waals surface area contributed by atoms with Crippen molar-refractivity contribution in [1.82, 2.24) is 9.80 Å². The molecule has 5 atom stereocenters. The number of carbonyl (C=O) groups is 1. The highest BCUT2D eigenvalue weighted by molar-refractivity contribution is 5.93. The molecule has 1 saturated carbocycles. The molecule has 0 radical (unpaired) electrons. The highest BCUT2D eigenvalue weighted by Crippen LogP contribution is 2.51. The lowest BCUT2D eigenvalue weighted by Crippen LogP contribution is -2.67. The van der Waals surface area contributed by atoms with Crippen LogP contribution in [0, 0.1) is 17.8 Å². The predicted molar refractivity (Wildman–Crippen MR) is 81.5 cm³/mol. The average molecular weight is 286 g/mol. The minimum Gasteiger partial charge on any atom is -0.355 e. The van der Waals surface area contributed by atoms with Gasteiger partial charge >= 0.3 is 0 Å². The highest BCUT2D eigenvalue weighted by atomic mass is 16.1. The van der Waals surface area contributed by atoms with Gasteiger partial charge in [-0.25, -0.2) is 0 Å². The smallest absolute Gasteiger partial charge is 0.158 e. The van der Waals surface area contributed by atoms with Gasteiger partial charge in [-0.15, -0.1) is 0 Å². The number of carbonyl (C=O) groups excluding carboxylic acids is 1. The van der Waals surface area contributed by atoms with Crippen LogP contribution in [0.4, 0.5) is 0 Å². The lowest BCUT2D eigenvalue weighted by atomic mass is 9.67. The Bertz CT molecular complexity index is 499. The molecule has 3 saturated heterocycles. The van der Waals surface area contributed by atoms with Gasteiger partial charge in [0.2, 0.25) is 0 Å². The molecule has 2 aliphatic carbocycles. The maximum absolute atomic E-state index is 12.0. The van der Waals surface area contributed by atoms with Crippen LogP contribution in [-0.2, 0) is 4.79 Å². The second-order valence-electron chi connectivity index (χ2n) is 7.99. The Morgan fingerprint density at radius 2 is 1.95 bits per heavy atom. The van der Waals surface area contributed by atoms with Crippen LogP contribution >= 0.6 is 0 Å². The first kappa shape index (κ1) is 12.7. The minimum absolute atomic E-state index is 0.387. The molecule has 0 unspecified atom stereocenters. The molecule has 0 aromatic heterocycles. The number of allylic oxidation sites excluding steroid dienone is 2. The standard InChI is InChI=1S/C18H26N2O/c21-15-9-14-8-12-4-3-5-13-11-19-7-2-1-6-17(19)20(18(12)13)16(14)10-15/h10,12-14,17-18H,1-9,11H2/t12-,13-,14-,17+,18+/m0/s1. The molecule has 0 aromatic carbocycles. The lowest BCUT2D eigenvalue weighted by Gasteiger charge is -2.62. The molecule has 0 spiro atoms. The second-order valence-corrected chi connectivity index (χ2v) is 7.99. The van der Waals surface area contributed by atoms with E-state index in [4.69, 9.17) is 0 Å². The summed E-state index contributed by atoms with van der Waals surface area (Å²) in [7, 11) is 0. The van der Waals surface area contributed by atoms with Gasteiger partial charge in [-0.1, -0.05) is 6.42 Å². The maximum Gasteiger partial charge on any atom is 0.158 e. The van der Waals surface area contributed by atoms with E-state index in [9.17, 15) is 4.79 Å². The molecule has 0 amide bonds. The largest absolute Gasteiger partial charge is 0.355 e. The van der Waals surface area contributed by atoms with E-state index in [-0.39, 0.29) is 0 Å². The summed E-state index contributed by atoms with van der Waals surface area (Å²) in [4.78, 5) is 17.5. The van der Waals surface area contributed by atoms with Gasteiger partial charge < -0.3 is 4.90 Å². The normalized spacial score (nSPS) is 45.7. The third-order valence-electron chi connectivity index (χ3n) is 6.87. The first-order chi connectivity index (χ1) is 10.3. The van der Waals surface area contributed by atoms with E-state index in [1.54, 1.807) is 0 Å². The molecular weight excluding hydrogens is 260 g/mol. The van der Waals surface area contributed by atoms with Crippen molar-refractivity contribution in [2.75, 3.05) is 13.1 Å². The fraction of sp³-hybridized carbons (Fsp3) is 0.833. The number of ketones is 1.